The standard InChI is InChI=1S/C22H38N4O/c1-6-27-21(17(2)3)12-13-24-22(23-5)25-18(4)19-10-9-11-20(16-19)26-14-7-8-15-26/h9-11,16-18,21H,6-8,12-15H2,1-5H3,(H2,23,24,25). The van der Waals surface area contributed by atoms with Gasteiger partial charge in [0.25, 0.3) is 0 Å². The van der Waals surface area contributed by atoms with E-state index in [2.05, 4.69) is 72.5 Å². The maximum Gasteiger partial charge on any atom is 0.191 e. The zero-order valence-corrected chi connectivity index (χ0v) is 17.8. The monoisotopic (exact) mass is 374 g/mol. The number of nitrogens with zero attached hydrogens (tertiary/aromatic N) is 2. The second-order valence-electron chi connectivity index (χ2n) is 7.68. The smallest absolute Gasteiger partial charge is 0.191 e. The molecule has 1 aromatic rings. The van der Waals surface area contributed by atoms with Crippen LogP contribution in [0.4, 0.5) is 5.69 Å². The predicted octanol–water partition coefficient (Wildman–Crippen LogP) is 3.96. The van der Waals surface area contributed by atoms with Gasteiger partial charge in [-0.05, 0) is 56.7 Å². The second-order valence-corrected chi connectivity index (χ2v) is 7.68. The summed E-state index contributed by atoms with van der Waals surface area (Å²) in [5.74, 6) is 1.36. The van der Waals surface area contributed by atoms with Gasteiger partial charge in [-0.25, -0.2) is 0 Å². The molecule has 27 heavy (non-hydrogen) atoms. The third kappa shape index (κ3) is 6.73. The fourth-order valence-corrected chi connectivity index (χ4v) is 3.61. The van der Waals surface area contributed by atoms with E-state index in [-0.39, 0.29) is 12.1 Å². The summed E-state index contributed by atoms with van der Waals surface area (Å²) < 4.78 is 5.83. The molecule has 2 unspecified atom stereocenters. The summed E-state index contributed by atoms with van der Waals surface area (Å²) in [6, 6.07) is 9.07. The number of nitrogens with one attached hydrogen (secondary N) is 2. The fourth-order valence-electron chi connectivity index (χ4n) is 3.61. The number of guanidine groups is 1. The van der Waals surface area contributed by atoms with E-state index >= 15 is 0 Å². The molecule has 1 saturated heterocycles. The van der Waals surface area contributed by atoms with Crippen molar-refractivity contribution < 1.29 is 4.74 Å². The molecule has 5 heteroatoms. The Morgan fingerprint density at radius 1 is 1.22 bits per heavy atom. The predicted molar refractivity (Wildman–Crippen MR) is 116 cm³/mol. The van der Waals surface area contributed by atoms with Gasteiger partial charge < -0.3 is 20.3 Å². The Morgan fingerprint density at radius 3 is 2.59 bits per heavy atom. The second kappa shape index (κ2) is 11.2. The Kier molecular flexibility index (Phi) is 8.92. The summed E-state index contributed by atoms with van der Waals surface area (Å²) in [4.78, 5) is 6.86. The highest BCUT2D eigenvalue weighted by atomic mass is 16.5. The van der Waals surface area contributed by atoms with Crippen LogP contribution >= 0.6 is 0 Å². The number of rotatable bonds is 9. The largest absolute Gasteiger partial charge is 0.378 e. The molecule has 0 amide bonds. The van der Waals surface area contributed by atoms with E-state index in [0.717, 1.165) is 25.5 Å². The minimum atomic E-state index is 0.201. The number of hydrogen-bond donors (Lipinski definition) is 2. The van der Waals surface area contributed by atoms with Gasteiger partial charge in [0.2, 0.25) is 0 Å². The molecular weight excluding hydrogens is 336 g/mol. The number of ether oxygens (including phenoxy) is 1. The van der Waals surface area contributed by atoms with Crippen molar-refractivity contribution in [2.45, 2.75) is 59.1 Å². The maximum absolute atomic E-state index is 5.83. The quantitative estimate of drug-likeness (QED) is 0.507. The van der Waals surface area contributed by atoms with Crippen molar-refractivity contribution >= 4 is 11.6 Å². The van der Waals surface area contributed by atoms with Gasteiger partial charge in [-0.1, -0.05) is 26.0 Å². The lowest BCUT2D eigenvalue weighted by molar-refractivity contribution is 0.0258. The third-order valence-electron chi connectivity index (χ3n) is 5.26. The molecule has 1 aliphatic rings. The van der Waals surface area contributed by atoms with E-state index in [1.54, 1.807) is 0 Å². The van der Waals surface area contributed by atoms with Gasteiger partial charge in [0.05, 0.1) is 12.1 Å². The van der Waals surface area contributed by atoms with Crippen LogP contribution in [0.15, 0.2) is 29.3 Å². The van der Waals surface area contributed by atoms with Crippen LogP contribution in [0.1, 0.15) is 58.6 Å². The highest BCUT2D eigenvalue weighted by Gasteiger charge is 2.15. The normalized spacial score (nSPS) is 17.3. The van der Waals surface area contributed by atoms with E-state index in [0.29, 0.717) is 5.92 Å². The Balaban J connectivity index is 1.87. The Bertz CT molecular complexity index is 581. The van der Waals surface area contributed by atoms with Crippen LogP contribution in [0.25, 0.3) is 0 Å². The van der Waals surface area contributed by atoms with Crippen LogP contribution in [-0.2, 0) is 4.74 Å². The summed E-state index contributed by atoms with van der Waals surface area (Å²) >= 11 is 0. The van der Waals surface area contributed by atoms with Crippen molar-refractivity contribution in [2.24, 2.45) is 10.9 Å². The van der Waals surface area contributed by atoms with Crippen molar-refractivity contribution in [3.8, 4) is 0 Å². The van der Waals surface area contributed by atoms with Crippen LogP contribution in [0, 0.1) is 5.92 Å². The molecule has 0 aliphatic carbocycles. The minimum absolute atomic E-state index is 0.201. The van der Waals surface area contributed by atoms with Crippen LogP contribution in [0.3, 0.4) is 0 Å². The van der Waals surface area contributed by atoms with Crippen molar-refractivity contribution in [2.75, 3.05) is 38.2 Å². The first-order valence-corrected chi connectivity index (χ1v) is 10.5. The van der Waals surface area contributed by atoms with Crippen LogP contribution in [-0.4, -0.2) is 45.4 Å². The minimum Gasteiger partial charge on any atom is -0.378 e. The van der Waals surface area contributed by atoms with E-state index in [1.807, 2.05) is 7.05 Å². The molecule has 2 atom stereocenters. The lowest BCUT2D eigenvalue weighted by Crippen LogP contribution is -2.40. The molecule has 0 saturated carbocycles. The molecule has 2 N–H and O–H groups in total. The SMILES string of the molecule is CCOC(CCNC(=NC)NC(C)c1cccc(N2CCCC2)c1)C(C)C. The Hall–Kier alpha value is -1.75. The molecule has 0 bridgehead atoms. The number of anilines is 1. The number of hydrogen-bond acceptors (Lipinski definition) is 3. The van der Waals surface area contributed by atoms with Crippen LogP contribution in [0.5, 0.6) is 0 Å². The molecular formula is C22H38N4O. The molecule has 1 fully saturated rings. The van der Waals surface area contributed by atoms with Gasteiger partial charge in [0, 0.05) is 39.0 Å². The molecule has 0 radical (unpaired) electrons. The van der Waals surface area contributed by atoms with E-state index in [4.69, 9.17) is 4.74 Å². The summed E-state index contributed by atoms with van der Waals surface area (Å²) in [7, 11) is 1.82. The van der Waals surface area contributed by atoms with Crippen molar-refractivity contribution in [1.29, 1.82) is 0 Å². The van der Waals surface area contributed by atoms with E-state index in [9.17, 15) is 0 Å². The summed E-state index contributed by atoms with van der Waals surface area (Å²) in [6.45, 7) is 12.6. The molecule has 152 valence electrons. The number of benzene rings is 1. The van der Waals surface area contributed by atoms with Gasteiger partial charge in [-0.3, -0.25) is 4.99 Å². The van der Waals surface area contributed by atoms with Gasteiger partial charge in [0.15, 0.2) is 5.96 Å². The highest BCUT2D eigenvalue weighted by Crippen LogP contribution is 2.23. The topological polar surface area (TPSA) is 48.9 Å². The van der Waals surface area contributed by atoms with Crippen LogP contribution < -0.4 is 15.5 Å². The van der Waals surface area contributed by atoms with Crippen molar-refractivity contribution in [1.82, 2.24) is 10.6 Å². The Morgan fingerprint density at radius 2 is 1.96 bits per heavy atom. The fraction of sp³-hybridized carbons (Fsp3) is 0.682. The number of aliphatic imine (C=N–C) groups is 1. The van der Waals surface area contributed by atoms with E-state index < -0.39 is 0 Å². The Labute approximate surface area is 165 Å². The van der Waals surface area contributed by atoms with Gasteiger partial charge in [-0.15, -0.1) is 0 Å². The molecule has 0 aromatic heterocycles. The lowest BCUT2D eigenvalue weighted by atomic mass is 10.0. The van der Waals surface area contributed by atoms with Crippen molar-refractivity contribution in [3.05, 3.63) is 29.8 Å². The molecule has 0 spiro atoms. The van der Waals surface area contributed by atoms with E-state index in [1.165, 1.54) is 37.2 Å². The van der Waals surface area contributed by atoms with Crippen LogP contribution in [0.2, 0.25) is 0 Å². The lowest BCUT2D eigenvalue weighted by Gasteiger charge is -2.23. The third-order valence-corrected chi connectivity index (χ3v) is 5.26. The average Bonchev–Trinajstić information content (AvgIpc) is 3.21. The molecule has 1 aromatic carbocycles. The van der Waals surface area contributed by atoms with Gasteiger partial charge in [0.1, 0.15) is 0 Å². The van der Waals surface area contributed by atoms with Gasteiger partial charge >= 0.3 is 0 Å². The zero-order valence-electron chi connectivity index (χ0n) is 17.8. The summed E-state index contributed by atoms with van der Waals surface area (Å²) in [6.07, 6.45) is 3.86. The molecule has 1 aliphatic heterocycles. The maximum atomic E-state index is 5.83. The first kappa shape index (κ1) is 21.5. The summed E-state index contributed by atoms with van der Waals surface area (Å²) in [5, 5.41) is 6.95. The summed E-state index contributed by atoms with van der Waals surface area (Å²) in [5.41, 5.74) is 2.62. The first-order chi connectivity index (χ1) is 13.0. The molecule has 2 rings (SSSR count). The average molecular weight is 375 g/mol. The zero-order chi connectivity index (χ0) is 19.6. The first-order valence-electron chi connectivity index (χ1n) is 10.5. The highest BCUT2D eigenvalue weighted by molar-refractivity contribution is 5.80. The van der Waals surface area contributed by atoms with Gasteiger partial charge in [-0.2, -0.15) is 0 Å². The molecule has 1 heterocycles. The molecule has 5 nitrogen and oxygen atoms in total. The van der Waals surface area contributed by atoms with Crippen molar-refractivity contribution in [3.63, 3.8) is 0 Å².